The number of para-hydroxylation sites is 1. The Bertz CT molecular complexity index is 719. The highest BCUT2D eigenvalue weighted by atomic mass is 16.5. The van der Waals surface area contributed by atoms with E-state index >= 15 is 0 Å². The summed E-state index contributed by atoms with van der Waals surface area (Å²) >= 11 is 0. The van der Waals surface area contributed by atoms with E-state index in [0.29, 0.717) is 17.3 Å². The number of nitrogens with one attached hydrogen (secondary N) is 2. The molecule has 0 saturated carbocycles. The smallest absolute Gasteiger partial charge is 0.337 e. The van der Waals surface area contributed by atoms with Crippen LogP contribution in [0.4, 0.5) is 17.3 Å². The van der Waals surface area contributed by atoms with Gasteiger partial charge in [-0.25, -0.2) is 14.8 Å². The fourth-order valence-corrected chi connectivity index (χ4v) is 2.61. The first-order valence-electron chi connectivity index (χ1n) is 8.18. The maximum atomic E-state index is 11.3. The van der Waals surface area contributed by atoms with Gasteiger partial charge in [0.1, 0.15) is 18.0 Å². The molecular formula is C17H21N5O3. The first kappa shape index (κ1) is 17.1. The molecular weight excluding hydrogens is 322 g/mol. The summed E-state index contributed by atoms with van der Waals surface area (Å²) in [4.78, 5) is 22.0. The standard InChI is InChI=1S/C17H21N5O3/c23-17(24)13-3-1-2-4-14(13)21-16-11-15(19-12-20-16)18-5-6-22-7-9-25-10-8-22/h1-4,11-12H,5-10H2,(H,23,24)(H2,18,19,20,21). The molecule has 1 aliphatic heterocycles. The van der Waals surface area contributed by atoms with E-state index in [-0.39, 0.29) is 5.56 Å². The molecule has 3 rings (SSSR count). The maximum Gasteiger partial charge on any atom is 0.337 e. The number of aromatic nitrogens is 2. The number of ether oxygens (including phenoxy) is 1. The van der Waals surface area contributed by atoms with E-state index in [1.165, 1.54) is 6.33 Å². The lowest BCUT2D eigenvalue weighted by Crippen LogP contribution is -2.39. The number of morpholine rings is 1. The Kier molecular flexibility index (Phi) is 5.76. The maximum absolute atomic E-state index is 11.3. The summed E-state index contributed by atoms with van der Waals surface area (Å²) < 4.78 is 5.33. The molecule has 8 heteroatoms. The summed E-state index contributed by atoms with van der Waals surface area (Å²) in [6.07, 6.45) is 1.45. The Balaban J connectivity index is 1.59. The quantitative estimate of drug-likeness (QED) is 0.698. The number of rotatable bonds is 7. The van der Waals surface area contributed by atoms with Crippen LogP contribution in [-0.4, -0.2) is 65.3 Å². The average molecular weight is 343 g/mol. The largest absolute Gasteiger partial charge is 0.478 e. The fourth-order valence-electron chi connectivity index (χ4n) is 2.61. The molecule has 1 aromatic carbocycles. The van der Waals surface area contributed by atoms with Crippen LogP contribution in [0.2, 0.25) is 0 Å². The molecule has 0 radical (unpaired) electrons. The molecule has 1 aliphatic rings. The summed E-state index contributed by atoms with van der Waals surface area (Å²) in [7, 11) is 0. The number of benzene rings is 1. The zero-order chi connectivity index (χ0) is 17.5. The van der Waals surface area contributed by atoms with Crippen LogP contribution in [0.3, 0.4) is 0 Å². The van der Waals surface area contributed by atoms with Crippen molar-refractivity contribution in [2.45, 2.75) is 0 Å². The molecule has 8 nitrogen and oxygen atoms in total. The molecule has 25 heavy (non-hydrogen) atoms. The van der Waals surface area contributed by atoms with E-state index in [4.69, 9.17) is 4.74 Å². The van der Waals surface area contributed by atoms with Crippen LogP contribution in [0, 0.1) is 0 Å². The van der Waals surface area contributed by atoms with Crippen LogP contribution >= 0.6 is 0 Å². The molecule has 3 N–H and O–H groups in total. The second kappa shape index (κ2) is 8.41. The highest BCUT2D eigenvalue weighted by Gasteiger charge is 2.11. The van der Waals surface area contributed by atoms with Gasteiger partial charge in [0.25, 0.3) is 0 Å². The van der Waals surface area contributed by atoms with Crippen LogP contribution < -0.4 is 10.6 Å². The van der Waals surface area contributed by atoms with Crippen molar-refractivity contribution in [2.75, 3.05) is 50.0 Å². The number of nitrogens with zero attached hydrogens (tertiary/aromatic N) is 3. The molecule has 0 bridgehead atoms. The Morgan fingerprint density at radius 3 is 2.76 bits per heavy atom. The van der Waals surface area contributed by atoms with Crippen LogP contribution in [0.25, 0.3) is 0 Å². The van der Waals surface area contributed by atoms with Gasteiger partial charge in [0.2, 0.25) is 0 Å². The summed E-state index contributed by atoms with van der Waals surface area (Å²) in [6, 6.07) is 8.48. The Morgan fingerprint density at radius 2 is 1.96 bits per heavy atom. The highest BCUT2D eigenvalue weighted by Crippen LogP contribution is 2.20. The van der Waals surface area contributed by atoms with Gasteiger partial charge in [0, 0.05) is 32.2 Å². The average Bonchev–Trinajstić information content (AvgIpc) is 2.63. The minimum Gasteiger partial charge on any atom is -0.478 e. The van der Waals surface area contributed by atoms with Crippen molar-refractivity contribution in [3.8, 4) is 0 Å². The summed E-state index contributed by atoms with van der Waals surface area (Å²) in [5.74, 6) is 0.247. The van der Waals surface area contributed by atoms with Crippen LogP contribution in [0.15, 0.2) is 36.7 Å². The molecule has 0 amide bonds. The fraction of sp³-hybridized carbons (Fsp3) is 0.353. The normalized spacial score (nSPS) is 14.9. The van der Waals surface area contributed by atoms with E-state index in [1.807, 2.05) is 0 Å². The van der Waals surface area contributed by atoms with E-state index < -0.39 is 5.97 Å². The monoisotopic (exact) mass is 343 g/mol. The minimum absolute atomic E-state index is 0.197. The predicted octanol–water partition coefficient (Wildman–Crippen LogP) is 1.66. The third-order valence-corrected chi connectivity index (χ3v) is 3.93. The van der Waals surface area contributed by atoms with Gasteiger partial charge in [-0.3, -0.25) is 4.90 Å². The van der Waals surface area contributed by atoms with Gasteiger partial charge in [-0.05, 0) is 12.1 Å². The van der Waals surface area contributed by atoms with Gasteiger partial charge in [-0.2, -0.15) is 0 Å². The molecule has 1 aromatic heterocycles. The van der Waals surface area contributed by atoms with Gasteiger partial charge in [-0.1, -0.05) is 12.1 Å². The third kappa shape index (κ3) is 4.88. The van der Waals surface area contributed by atoms with Gasteiger partial charge in [0.05, 0.1) is 24.5 Å². The molecule has 1 saturated heterocycles. The minimum atomic E-state index is -0.985. The molecule has 0 unspecified atom stereocenters. The number of hydrogen-bond acceptors (Lipinski definition) is 7. The van der Waals surface area contributed by atoms with E-state index in [2.05, 4.69) is 25.5 Å². The number of aromatic carboxylic acids is 1. The molecule has 2 heterocycles. The highest BCUT2D eigenvalue weighted by molar-refractivity contribution is 5.95. The molecule has 0 aliphatic carbocycles. The Morgan fingerprint density at radius 1 is 1.20 bits per heavy atom. The van der Waals surface area contributed by atoms with Crippen molar-refractivity contribution in [2.24, 2.45) is 0 Å². The lowest BCUT2D eigenvalue weighted by atomic mass is 10.2. The molecule has 132 valence electrons. The van der Waals surface area contributed by atoms with Crippen LogP contribution in [0.5, 0.6) is 0 Å². The SMILES string of the molecule is O=C(O)c1ccccc1Nc1cc(NCCN2CCOCC2)ncn1. The van der Waals surface area contributed by atoms with Crippen molar-refractivity contribution in [1.29, 1.82) is 0 Å². The van der Waals surface area contributed by atoms with Crippen molar-refractivity contribution < 1.29 is 14.6 Å². The second-order valence-electron chi connectivity index (χ2n) is 5.65. The third-order valence-electron chi connectivity index (χ3n) is 3.93. The second-order valence-corrected chi connectivity index (χ2v) is 5.65. The Hall–Kier alpha value is -2.71. The molecule has 0 atom stereocenters. The van der Waals surface area contributed by atoms with Crippen molar-refractivity contribution in [3.63, 3.8) is 0 Å². The Labute approximate surface area is 145 Å². The van der Waals surface area contributed by atoms with Crippen LogP contribution in [0.1, 0.15) is 10.4 Å². The van der Waals surface area contributed by atoms with Crippen molar-refractivity contribution in [3.05, 3.63) is 42.2 Å². The number of carbonyl (C=O) groups is 1. The van der Waals surface area contributed by atoms with Gasteiger partial charge in [0.15, 0.2) is 0 Å². The summed E-state index contributed by atoms with van der Waals surface area (Å²) in [6.45, 7) is 5.14. The topological polar surface area (TPSA) is 99.6 Å². The van der Waals surface area contributed by atoms with E-state index in [9.17, 15) is 9.90 Å². The van der Waals surface area contributed by atoms with E-state index in [0.717, 1.165) is 39.4 Å². The zero-order valence-electron chi connectivity index (χ0n) is 13.8. The summed E-state index contributed by atoms with van der Waals surface area (Å²) in [5.41, 5.74) is 0.691. The van der Waals surface area contributed by atoms with Gasteiger partial charge < -0.3 is 20.5 Å². The number of carboxylic acid groups (broad SMARTS) is 1. The first-order chi connectivity index (χ1) is 12.2. The van der Waals surface area contributed by atoms with Crippen LogP contribution in [-0.2, 0) is 4.74 Å². The van der Waals surface area contributed by atoms with Crippen molar-refractivity contribution in [1.82, 2.24) is 14.9 Å². The summed E-state index contributed by atoms with van der Waals surface area (Å²) in [5, 5.41) is 15.5. The molecule has 1 fully saturated rings. The van der Waals surface area contributed by atoms with Gasteiger partial charge in [-0.15, -0.1) is 0 Å². The lowest BCUT2D eigenvalue weighted by Gasteiger charge is -2.26. The van der Waals surface area contributed by atoms with Crippen molar-refractivity contribution >= 4 is 23.3 Å². The molecule has 0 spiro atoms. The first-order valence-corrected chi connectivity index (χ1v) is 8.18. The number of carboxylic acids is 1. The predicted molar refractivity (Wildman–Crippen MR) is 94.5 cm³/mol. The lowest BCUT2D eigenvalue weighted by molar-refractivity contribution is 0.0398. The number of hydrogen-bond donors (Lipinski definition) is 3. The van der Waals surface area contributed by atoms with E-state index in [1.54, 1.807) is 30.3 Å². The zero-order valence-corrected chi connectivity index (χ0v) is 13.8. The molecule has 2 aromatic rings. The van der Waals surface area contributed by atoms with Gasteiger partial charge >= 0.3 is 5.97 Å². The number of anilines is 3.